The first-order chi connectivity index (χ1) is 27.6. The summed E-state index contributed by atoms with van der Waals surface area (Å²) in [5.74, 6) is -0.366. The maximum atomic E-state index is 14.5. The van der Waals surface area contributed by atoms with Gasteiger partial charge in [0.05, 0.1) is 17.7 Å². The SMILES string of the molecule is CCC1(O)CC2CN(CCc3c([nH]c4ccccc34)[C@@](C)(c3cc4c(cc3C)N(C)C3C45CCN4CC=C[C@](CC)(C45)[C@@H](O)[C@]3(O)C(=O)NC[C@H](C)O)C2)C1.O=C=O. The van der Waals surface area contributed by atoms with Crippen LogP contribution >= 0.6 is 0 Å². The molecule has 2 aromatic carbocycles. The molecule has 1 aliphatic carbocycles. The van der Waals surface area contributed by atoms with E-state index in [1.165, 1.54) is 22.2 Å². The summed E-state index contributed by atoms with van der Waals surface area (Å²) in [6.07, 6.45) is 6.81. The number of aromatic amines is 1. The lowest BCUT2D eigenvalue weighted by molar-refractivity contribution is -0.203. The lowest BCUT2D eigenvalue weighted by Gasteiger charge is -2.63. The maximum Gasteiger partial charge on any atom is 0.373 e. The van der Waals surface area contributed by atoms with Gasteiger partial charge in [-0.3, -0.25) is 14.6 Å². The van der Waals surface area contributed by atoms with E-state index in [-0.39, 0.29) is 24.7 Å². The van der Waals surface area contributed by atoms with Crippen LogP contribution in [0, 0.1) is 18.3 Å². The first-order valence-electron chi connectivity index (χ1n) is 21.3. The molecule has 6 heterocycles. The van der Waals surface area contributed by atoms with Gasteiger partial charge in [-0.15, -0.1) is 0 Å². The summed E-state index contributed by atoms with van der Waals surface area (Å²) in [4.78, 5) is 41.8. The number of carbonyl (C=O) groups excluding carboxylic acids is 3. The van der Waals surface area contributed by atoms with Crippen molar-refractivity contribution in [3.8, 4) is 0 Å². The van der Waals surface area contributed by atoms with E-state index < -0.39 is 51.6 Å². The minimum Gasteiger partial charge on any atom is -0.392 e. The van der Waals surface area contributed by atoms with E-state index in [1.807, 2.05) is 7.05 Å². The highest BCUT2D eigenvalue weighted by molar-refractivity contribution is 5.90. The predicted octanol–water partition coefficient (Wildman–Crippen LogP) is 3.31. The molecule has 9 rings (SSSR count). The lowest BCUT2D eigenvalue weighted by atomic mass is 9.47. The van der Waals surface area contributed by atoms with E-state index >= 15 is 0 Å². The Kier molecular flexibility index (Phi) is 10.2. The van der Waals surface area contributed by atoms with Crippen LogP contribution in [0.3, 0.4) is 0 Å². The van der Waals surface area contributed by atoms with Gasteiger partial charge in [0.1, 0.15) is 6.10 Å². The quantitative estimate of drug-likeness (QED) is 0.204. The largest absolute Gasteiger partial charge is 0.392 e. The molecule has 3 aromatic rings. The van der Waals surface area contributed by atoms with Crippen LogP contribution in [0.1, 0.15) is 87.7 Å². The molecule has 58 heavy (non-hydrogen) atoms. The van der Waals surface area contributed by atoms with Crippen molar-refractivity contribution in [1.29, 1.82) is 0 Å². The monoisotopic (exact) mass is 795 g/mol. The van der Waals surface area contributed by atoms with E-state index in [0.717, 1.165) is 80.6 Å². The summed E-state index contributed by atoms with van der Waals surface area (Å²) in [7, 11) is 1.98. The van der Waals surface area contributed by atoms with Gasteiger partial charge in [-0.1, -0.05) is 50.3 Å². The maximum absolute atomic E-state index is 14.5. The van der Waals surface area contributed by atoms with Gasteiger partial charge in [-0.25, -0.2) is 0 Å². The van der Waals surface area contributed by atoms with Crippen LogP contribution in [0.4, 0.5) is 5.69 Å². The fourth-order valence-corrected chi connectivity index (χ4v) is 13.4. The van der Waals surface area contributed by atoms with Crippen molar-refractivity contribution in [2.45, 2.75) is 119 Å². The van der Waals surface area contributed by atoms with Crippen molar-refractivity contribution in [1.82, 2.24) is 20.1 Å². The van der Waals surface area contributed by atoms with Crippen molar-refractivity contribution in [3.05, 3.63) is 76.5 Å². The van der Waals surface area contributed by atoms with Crippen LogP contribution in [0.15, 0.2) is 48.6 Å². The summed E-state index contributed by atoms with van der Waals surface area (Å²) in [6, 6.07) is 12.5. The second-order valence-corrected chi connectivity index (χ2v) is 18.8. The number of aliphatic hydroxyl groups excluding tert-OH is 2. The van der Waals surface area contributed by atoms with E-state index in [1.54, 1.807) is 6.92 Å². The molecule has 1 amide bonds. The topological polar surface area (TPSA) is 170 Å². The Morgan fingerprint density at radius 3 is 2.52 bits per heavy atom. The molecule has 2 bridgehead atoms. The number of aryl methyl sites for hydroxylation is 1. The number of amides is 1. The molecule has 3 fully saturated rings. The Morgan fingerprint density at radius 1 is 1.07 bits per heavy atom. The molecule has 312 valence electrons. The molecule has 2 saturated heterocycles. The molecule has 6 aliphatic rings. The number of piperidine rings is 1. The second kappa shape index (κ2) is 14.4. The number of carbonyl (C=O) groups is 1. The standard InChI is InChI=1S/C45H61N5O5.CO2/c1-7-42(54)23-29-22-41(5,36-31(14-18-49(25-29)26-42)30-12-9-10-13-34(30)47-36)32-21-33-35(20-27(32)3)48(6)38-44(33)16-19-50-17-11-15-43(8-2,37(44)50)39(52)45(38,55)40(53)46-24-28(4)51;2-1-3/h9-13,15,20-21,28-29,37-39,47,51-52,54-55H,7-8,14,16-19,22-26H2,1-6H3,(H,46,53);/t28-,29?,37?,38?,39+,41+,42?,43+,44?,45-;/m0./s1. The first-order valence-corrected chi connectivity index (χ1v) is 21.3. The van der Waals surface area contributed by atoms with Crippen LogP contribution in [-0.2, 0) is 31.6 Å². The molecule has 1 aromatic heterocycles. The number of hydrogen-bond donors (Lipinski definition) is 6. The Labute approximate surface area is 341 Å². The zero-order valence-electron chi connectivity index (χ0n) is 34.8. The number of aliphatic hydroxyl groups is 4. The summed E-state index contributed by atoms with van der Waals surface area (Å²) in [5, 5.41) is 51.9. The third-order valence-corrected chi connectivity index (χ3v) is 15.6. The molecule has 1 spiro atoms. The lowest BCUT2D eigenvalue weighted by Crippen LogP contribution is -2.81. The molecule has 1 saturated carbocycles. The van der Waals surface area contributed by atoms with Gasteiger partial charge < -0.3 is 35.6 Å². The van der Waals surface area contributed by atoms with Crippen molar-refractivity contribution in [2.24, 2.45) is 11.3 Å². The number of hydrogen-bond acceptors (Lipinski definition) is 10. The van der Waals surface area contributed by atoms with Crippen molar-refractivity contribution in [3.63, 3.8) is 0 Å². The van der Waals surface area contributed by atoms with E-state index in [0.29, 0.717) is 13.0 Å². The fourth-order valence-electron chi connectivity index (χ4n) is 13.4. The van der Waals surface area contributed by atoms with E-state index in [9.17, 15) is 25.2 Å². The third-order valence-electron chi connectivity index (χ3n) is 15.6. The summed E-state index contributed by atoms with van der Waals surface area (Å²) < 4.78 is 0. The minimum absolute atomic E-state index is 0.0189. The van der Waals surface area contributed by atoms with Crippen LogP contribution < -0.4 is 10.2 Å². The fraction of sp³-hybridized carbons (Fsp3) is 0.609. The van der Waals surface area contributed by atoms with Gasteiger partial charge in [0, 0.05) is 84.3 Å². The summed E-state index contributed by atoms with van der Waals surface area (Å²) >= 11 is 0. The molecule has 12 nitrogen and oxygen atoms in total. The van der Waals surface area contributed by atoms with E-state index in [2.05, 4.69) is 101 Å². The smallest absolute Gasteiger partial charge is 0.373 e. The van der Waals surface area contributed by atoms with Crippen LogP contribution in [-0.4, -0.2) is 129 Å². The number of anilines is 1. The normalized spacial score (nSPS) is 37.8. The minimum atomic E-state index is -2.16. The number of benzene rings is 2. The first kappa shape index (κ1) is 40.9. The molecule has 6 unspecified atom stereocenters. The predicted molar refractivity (Wildman–Crippen MR) is 220 cm³/mol. The summed E-state index contributed by atoms with van der Waals surface area (Å²) in [6.45, 7) is 14.5. The van der Waals surface area contributed by atoms with Gasteiger partial charge >= 0.3 is 6.15 Å². The Hall–Kier alpha value is -3.87. The van der Waals surface area contributed by atoms with Gasteiger partial charge in [-0.05, 0) is 106 Å². The number of fused-ring (bicyclic) bond motifs is 6. The second-order valence-electron chi connectivity index (χ2n) is 18.8. The number of nitrogens with one attached hydrogen (secondary N) is 2. The number of nitrogens with zero attached hydrogens (tertiary/aromatic N) is 3. The highest BCUT2D eigenvalue weighted by Gasteiger charge is 2.78. The number of rotatable bonds is 6. The Balaban J connectivity index is 0.00000152. The van der Waals surface area contributed by atoms with E-state index in [4.69, 9.17) is 9.59 Å². The average Bonchev–Trinajstić information content (AvgIpc) is 3.85. The molecular formula is C46H61N5O7. The van der Waals surface area contributed by atoms with Crippen molar-refractivity contribution >= 4 is 28.6 Å². The molecule has 6 N–H and O–H groups in total. The Morgan fingerprint density at radius 2 is 1.81 bits per heavy atom. The number of para-hydroxylation sites is 1. The zero-order valence-corrected chi connectivity index (χ0v) is 34.8. The molecule has 11 atom stereocenters. The number of aromatic nitrogens is 1. The summed E-state index contributed by atoms with van der Waals surface area (Å²) in [5.41, 5.74) is 3.37. The zero-order chi connectivity index (χ0) is 41.6. The molecule has 12 heteroatoms. The number of likely N-dealkylation sites (N-methyl/N-ethyl adjacent to an activating group) is 1. The van der Waals surface area contributed by atoms with Crippen LogP contribution in [0.25, 0.3) is 10.9 Å². The van der Waals surface area contributed by atoms with Crippen LogP contribution in [0.5, 0.6) is 0 Å². The average molecular weight is 796 g/mol. The number of H-pyrrole nitrogens is 1. The van der Waals surface area contributed by atoms with Gasteiger partial charge in [0.15, 0.2) is 5.60 Å². The Bertz CT molecular complexity index is 2160. The van der Waals surface area contributed by atoms with Gasteiger partial charge in [0.2, 0.25) is 0 Å². The van der Waals surface area contributed by atoms with Crippen molar-refractivity contribution in [2.75, 3.05) is 51.2 Å². The van der Waals surface area contributed by atoms with Crippen molar-refractivity contribution < 1.29 is 34.8 Å². The highest BCUT2D eigenvalue weighted by atomic mass is 16.4. The van der Waals surface area contributed by atoms with Gasteiger partial charge in [0.25, 0.3) is 5.91 Å². The van der Waals surface area contributed by atoms with Crippen LogP contribution in [0.2, 0.25) is 0 Å². The molecular weight excluding hydrogens is 735 g/mol. The highest BCUT2D eigenvalue weighted by Crippen LogP contribution is 2.67. The molecule has 0 radical (unpaired) electrons. The third kappa shape index (κ3) is 5.66. The molecule has 5 aliphatic heterocycles. The van der Waals surface area contributed by atoms with Gasteiger partial charge in [-0.2, -0.15) is 9.59 Å².